The van der Waals surface area contributed by atoms with E-state index in [4.69, 9.17) is 18.9 Å². The SMILES string of the molecule is COCCCN1C(=O)/C(=C/c2ccc3c(c2)OCO3)C(C(=O)OC)=C1C. The van der Waals surface area contributed by atoms with Crippen molar-refractivity contribution in [2.24, 2.45) is 0 Å². The topological polar surface area (TPSA) is 74.3 Å². The van der Waals surface area contributed by atoms with Crippen molar-refractivity contribution in [2.75, 3.05) is 34.2 Å². The summed E-state index contributed by atoms with van der Waals surface area (Å²) in [4.78, 5) is 26.7. The predicted molar refractivity (Wildman–Crippen MR) is 93.5 cm³/mol. The number of esters is 1. The van der Waals surface area contributed by atoms with Gasteiger partial charge < -0.3 is 23.8 Å². The van der Waals surface area contributed by atoms with Gasteiger partial charge in [-0.05, 0) is 37.1 Å². The van der Waals surface area contributed by atoms with Crippen LogP contribution in [0, 0.1) is 0 Å². The second-order valence-electron chi connectivity index (χ2n) is 5.93. The first-order valence-corrected chi connectivity index (χ1v) is 8.28. The molecule has 0 atom stereocenters. The molecule has 2 aliphatic heterocycles. The molecule has 0 unspecified atom stereocenters. The van der Waals surface area contributed by atoms with Gasteiger partial charge in [0, 0.05) is 26.0 Å². The summed E-state index contributed by atoms with van der Waals surface area (Å²) in [5.74, 6) is 0.516. The Balaban J connectivity index is 1.95. The molecule has 7 nitrogen and oxygen atoms in total. The molecule has 0 radical (unpaired) electrons. The van der Waals surface area contributed by atoms with E-state index in [0.29, 0.717) is 42.3 Å². The number of fused-ring (bicyclic) bond motifs is 1. The van der Waals surface area contributed by atoms with E-state index >= 15 is 0 Å². The van der Waals surface area contributed by atoms with Gasteiger partial charge in [0.1, 0.15) is 0 Å². The van der Waals surface area contributed by atoms with Gasteiger partial charge in [-0.3, -0.25) is 4.79 Å². The van der Waals surface area contributed by atoms with E-state index in [1.54, 1.807) is 37.1 Å². The highest BCUT2D eigenvalue weighted by atomic mass is 16.7. The van der Waals surface area contributed by atoms with E-state index in [-0.39, 0.29) is 18.3 Å². The number of methoxy groups -OCH3 is 2. The lowest BCUT2D eigenvalue weighted by molar-refractivity contribution is -0.136. The van der Waals surface area contributed by atoms with Crippen molar-refractivity contribution < 1.29 is 28.5 Å². The Morgan fingerprint density at radius 2 is 2.04 bits per heavy atom. The molecule has 7 heteroatoms. The molecule has 2 heterocycles. The molecular weight excluding hydrogens is 338 g/mol. The highest BCUT2D eigenvalue weighted by Crippen LogP contribution is 2.35. The van der Waals surface area contributed by atoms with Gasteiger partial charge in [0.15, 0.2) is 11.5 Å². The highest BCUT2D eigenvalue weighted by molar-refractivity contribution is 6.16. The fourth-order valence-corrected chi connectivity index (χ4v) is 3.03. The molecule has 1 aromatic carbocycles. The third-order valence-electron chi connectivity index (χ3n) is 4.34. The summed E-state index contributed by atoms with van der Waals surface area (Å²) in [5.41, 5.74) is 1.92. The molecule has 0 spiro atoms. The zero-order valence-corrected chi connectivity index (χ0v) is 15.0. The summed E-state index contributed by atoms with van der Waals surface area (Å²) in [6.07, 6.45) is 2.35. The summed E-state index contributed by atoms with van der Waals surface area (Å²) in [7, 11) is 2.91. The van der Waals surface area contributed by atoms with E-state index in [0.717, 1.165) is 5.56 Å². The number of carbonyl (C=O) groups is 2. The van der Waals surface area contributed by atoms with Crippen LogP contribution >= 0.6 is 0 Å². The normalized spacial score (nSPS) is 17.4. The van der Waals surface area contributed by atoms with Crippen LogP contribution in [0.5, 0.6) is 11.5 Å². The molecule has 0 N–H and O–H groups in total. The van der Waals surface area contributed by atoms with Crippen LogP contribution in [0.15, 0.2) is 35.0 Å². The van der Waals surface area contributed by atoms with Crippen LogP contribution in [-0.2, 0) is 19.1 Å². The molecule has 0 fully saturated rings. The van der Waals surface area contributed by atoms with Crippen molar-refractivity contribution in [3.05, 3.63) is 40.6 Å². The minimum absolute atomic E-state index is 0.175. The molecule has 26 heavy (non-hydrogen) atoms. The van der Waals surface area contributed by atoms with Gasteiger partial charge in [-0.25, -0.2) is 4.79 Å². The molecule has 1 aromatic rings. The number of ether oxygens (including phenoxy) is 4. The second kappa shape index (κ2) is 7.61. The molecule has 138 valence electrons. The summed E-state index contributed by atoms with van der Waals surface area (Å²) in [6, 6.07) is 5.37. The first kappa shape index (κ1) is 18.0. The number of nitrogens with zero attached hydrogens (tertiary/aromatic N) is 1. The quantitative estimate of drug-likeness (QED) is 0.440. The van der Waals surface area contributed by atoms with Crippen LogP contribution in [0.1, 0.15) is 18.9 Å². The van der Waals surface area contributed by atoms with E-state index in [1.807, 2.05) is 6.07 Å². The third kappa shape index (κ3) is 3.30. The van der Waals surface area contributed by atoms with Crippen molar-refractivity contribution in [3.8, 4) is 11.5 Å². The van der Waals surface area contributed by atoms with Gasteiger partial charge >= 0.3 is 5.97 Å². The molecule has 0 saturated carbocycles. The van der Waals surface area contributed by atoms with Crippen molar-refractivity contribution in [3.63, 3.8) is 0 Å². The van der Waals surface area contributed by atoms with Crippen LogP contribution in [0.25, 0.3) is 6.08 Å². The average molecular weight is 359 g/mol. The van der Waals surface area contributed by atoms with E-state index < -0.39 is 5.97 Å². The Hall–Kier alpha value is -2.80. The minimum Gasteiger partial charge on any atom is -0.465 e. The lowest BCUT2D eigenvalue weighted by Gasteiger charge is -2.17. The Kier molecular flexibility index (Phi) is 5.27. The predicted octanol–water partition coefficient (Wildman–Crippen LogP) is 2.12. The fraction of sp³-hybridized carbons (Fsp3) is 0.368. The van der Waals surface area contributed by atoms with Gasteiger partial charge in [0.25, 0.3) is 5.91 Å². The smallest absolute Gasteiger partial charge is 0.340 e. The third-order valence-corrected chi connectivity index (χ3v) is 4.34. The monoisotopic (exact) mass is 359 g/mol. The van der Waals surface area contributed by atoms with Crippen LogP contribution in [0.4, 0.5) is 0 Å². The van der Waals surface area contributed by atoms with Crippen molar-refractivity contribution in [1.82, 2.24) is 4.90 Å². The number of rotatable bonds is 6. The number of hydrogen-bond acceptors (Lipinski definition) is 6. The molecule has 3 rings (SSSR count). The Bertz CT molecular complexity index is 795. The van der Waals surface area contributed by atoms with Gasteiger partial charge in [-0.2, -0.15) is 0 Å². The Morgan fingerprint density at radius 3 is 2.77 bits per heavy atom. The lowest BCUT2D eigenvalue weighted by Crippen LogP contribution is -2.26. The van der Waals surface area contributed by atoms with Crippen LogP contribution < -0.4 is 9.47 Å². The summed E-state index contributed by atoms with van der Waals surface area (Å²) >= 11 is 0. The maximum atomic E-state index is 12.9. The Labute approximate surface area is 151 Å². The fourth-order valence-electron chi connectivity index (χ4n) is 3.03. The first-order valence-electron chi connectivity index (χ1n) is 8.28. The molecule has 0 bridgehead atoms. The molecule has 2 aliphatic rings. The number of carbonyl (C=O) groups excluding carboxylic acids is 2. The van der Waals surface area contributed by atoms with Crippen LogP contribution in [-0.4, -0.2) is 50.9 Å². The van der Waals surface area contributed by atoms with Crippen LogP contribution in [0.3, 0.4) is 0 Å². The van der Waals surface area contributed by atoms with Gasteiger partial charge in [0.05, 0.1) is 18.3 Å². The molecule has 0 aromatic heterocycles. The summed E-state index contributed by atoms with van der Waals surface area (Å²) in [6.45, 7) is 2.93. The standard InChI is InChI=1S/C19H21NO6/c1-12-17(19(22)24-3)14(18(21)20(12)7-4-8-23-2)9-13-5-6-15-16(10-13)26-11-25-15/h5-6,9-10H,4,7-8,11H2,1-3H3/b14-9+. The zero-order chi connectivity index (χ0) is 18.7. The molecular formula is C19H21NO6. The lowest BCUT2D eigenvalue weighted by atomic mass is 10.0. The van der Waals surface area contributed by atoms with E-state index in [9.17, 15) is 9.59 Å². The van der Waals surface area contributed by atoms with E-state index in [2.05, 4.69) is 0 Å². The van der Waals surface area contributed by atoms with Crippen molar-refractivity contribution >= 4 is 18.0 Å². The van der Waals surface area contributed by atoms with Gasteiger partial charge in [0.2, 0.25) is 6.79 Å². The highest BCUT2D eigenvalue weighted by Gasteiger charge is 2.36. The molecule has 1 amide bonds. The first-order chi connectivity index (χ1) is 12.6. The summed E-state index contributed by atoms with van der Waals surface area (Å²) in [5, 5.41) is 0. The van der Waals surface area contributed by atoms with Crippen molar-refractivity contribution in [2.45, 2.75) is 13.3 Å². The number of amides is 1. The maximum Gasteiger partial charge on any atom is 0.340 e. The van der Waals surface area contributed by atoms with Crippen LogP contribution in [0.2, 0.25) is 0 Å². The minimum atomic E-state index is -0.530. The summed E-state index contributed by atoms with van der Waals surface area (Å²) < 4.78 is 20.6. The van der Waals surface area contributed by atoms with Gasteiger partial charge in [-0.1, -0.05) is 6.07 Å². The number of allylic oxidation sites excluding steroid dienone is 1. The number of hydrogen-bond donors (Lipinski definition) is 0. The van der Waals surface area contributed by atoms with Crippen molar-refractivity contribution in [1.29, 1.82) is 0 Å². The molecule has 0 aliphatic carbocycles. The number of benzene rings is 1. The molecule has 0 saturated heterocycles. The zero-order valence-electron chi connectivity index (χ0n) is 15.0. The largest absolute Gasteiger partial charge is 0.465 e. The maximum absolute atomic E-state index is 12.9. The van der Waals surface area contributed by atoms with E-state index in [1.165, 1.54) is 7.11 Å². The second-order valence-corrected chi connectivity index (χ2v) is 5.93. The average Bonchev–Trinajstić information content (AvgIpc) is 3.19. The van der Waals surface area contributed by atoms with Gasteiger partial charge in [-0.15, -0.1) is 0 Å². The Morgan fingerprint density at radius 1 is 1.27 bits per heavy atom.